The predicted octanol–water partition coefficient (Wildman–Crippen LogP) is 14.5. The van der Waals surface area contributed by atoms with Gasteiger partial charge in [-0.25, -0.2) is 0 Å². The van der Waals surface area contributed by atoms with Crippen molar-refractivity contribution in [2.75, 3.05) is 4.90 Å². The quantitative estimate of drug-likeness (QED) is 0.184. The first-order chi connectivity index (χ1) is 26.0. The molecule has 0 bridgehead atoms. The number of para-hydroxylation sites is 1. The molecule has 10 aromatic rings. The molecule has 1 aliphatic carbocycles. The summed E-state index contributed by atoms with van der Waals surface area (Å²) in [5.74, 6) is 0. The zero-order valence-corrected chi connectivity index (χ0v) is 29.6. The van der Waals surface area contributed by atoms with Gasteiger partial charge in [-0.2, -0.15) is 0 Å². The number of hydrogen-bond acceptors (Lipinski definition) is 2. The Morgan fingerprint density at radius 1 is 0.396 bits per heavy atom. The lowest BCUT2D eigenvalue weighted by Gasteiger charge is -2.31. The van der Waals surface area contributed by atoms with Crippen molar-refractivity contribution < 1.29 is 4.42 Å². The lowest BCUT2D eigenvalue weighted by Crippen LogP contribution is -2.16. The van der Waals surface area contributed by atoms with Crippen LogP contribution in [-0.4, -0.2) is 0 Å². The second-order valence-corrected chi connectivity index (χ2v) is 14.9. The van der Waals surface area contributed by atoms with E-state index in [9.17, 15) is 0 Å². The van der Waals surface area contributed by atoms with Crippen LogP contribution >= 0.6 is 0 Å². The second-order valence-electron chi connectivity index (χ2n) is 14.9. The van der Waals surface area contributed by atoms with Crippen LogP contribution in [0.1, 0.15) is 25.0 Å². The lowest BCUT2D eigenvalue weighted by atomic mass is 9.82. The van der Waals surface area contributed by atoms with Crippen molar-refractivity contribution >= 4 is 71.3 Å². The Kier molecular flexibility index (Phi) is 6.33. The Balaban J connectivity index is 1.28. The summed E-state index contributed by atoms with van der Waals surface area (Å²) in [6, 6.07) is 64.4. The van der Waals surface area contributed by atoms with Crippen molar-refractivity contribution in [1.29, 1.82) is 0 Å². The monoisotopic (exact) mass is 677 g/mol. The molecule has 250 valence electrons. The number of hydrogen-bond donors (Lipinski definition) is 0. The van der Waals surface area contributed by atoms with E-state index in [0.717, 1.165) is 39.0 Å². The molecule has 1 aromatic heterocycles. The van der Waals surface area contributed by atoms with E-state index in [1.54, 1.807) is 0 Å². The van der Waals surface area contributed by atoms with Crippen molar-refractivity contribution in [2.45, 2.75) is 19.3 Å². The SMILES string of the molecule is CC1(C)c2cc3ccccc3cc2-c2c(N(c3ccc4oc5ccccc5c4c3)c3ccc4ccccc4c3-c3cccc4ccccc34)cccc21. The van der Waals surface area contributed by atoms with Gasteiger partial charge in [0.15, 0.2) is 0 Å². The predicted molar refractivity (Wildman–Crippen MR) is 224 cm³/mol. The third-order valence-corrected chi connectivity index (χ3v) is 11.6. The van der Waals surface area contributed by atoms with Gasteiger partial charge in [-0.15, -0.1) is 0 Å². The van der Waals surface area contributed by atoms with Gasteiger partial charge in [0.05, 0.1) is 11.4 Å². The van der Waals surface area contributed by atoms with E-state index in [-0.39, 0.29) is 5.41 Å². The molecule has 2 nitrogen and oxygen atoms in total. The third kappa shape index (κ3) is 4.39. The fourth-order valence-electron chi connectivity index (χ4n) is 9.07. The van der Waals surface area contributed by atoms with Crippen molar-refractivity contribution in [2.24, 2.45) is 0 Å². The number of anilines is 3. The van der Waals surface area contributed by atoms with Gasteiger partial charge in [0.2, 0.25) is 0 Å². The van der Waals surface area contributed by atoms with E-state index in [0.29, 0.717) is 0 Å². The fraction of sp³-hybridized carbons (Fsp3) is 0.0588. The van der Waals surface area contributed by atoms with Crippen LogP contribution < -0.4 is 4.90 Å². The molecule has 1 aliphatic rings. The largest absolute Gasteiger partial charge is 0.456 e. The van der Waals surface area contributed by atoms with Gasteiger partial charge in [0.25, 0.3) is 0 Å². The highest BCUT2D eigenvalue weighted by Gasteiger charge is 2.38. The molecule has 0 fully saturated rings. The van der Waals surface area contributed by atoms with Crippen LogP contribution in [0.3, 0.4) is 0 Å². The van der Waals surface area contributed by atoms with Gasteiger partial charge < -0.3 is 9.32 Å². The Hall–Kier alpha value is -6.64. The minimum atomic E-state index is -0.178. The molecule has 0 amide bonds. The summed E-state index contributed by atoms with van der Waals surface area (Å²) in [5, 5.41) is 9.65. The number of rotatable bonds is 4. The van der Waals surface area contributed by atoms with Crippen molar-refractivity contribution in [3.05, 3.63) is 187 Å². The first-order valence-corrected chi connectivity index (χ1v) is 18.4. The highest BCUT2D eigenvalue weighted by atomic mass is 16.3. The highest BCUT2D eigenvalue weighted by molar-refractivity contribution is 6.13. The van der Waals surface area contributed by atoms with Gasteiger partial charge >= 0.3 is 0 Å². The molecular weight excluding hydrogens is 643 g/mol. The van der Waals surface area contributed by atoms with Gasteiger partial charge in [-0.05, 0) is 103 Å². The zero-order valence-electron chi connectivity index (χ0n) is 29.6. The topological polar surface area (TPSA) is 16.4 Å². The number of furan rings is 1. The van der Waals surface area contributed by atoms with Crippen molar-refractivity contribution in [3.8, 4) is 22.3 Å². The molecule has 53 heavy (non-hydrogen) atoms. The molecule has 0 N–H and O–H groups in total. The molecule has 9 aromatic carbocycles. The first kappa shape index (κ1) is 30.0. The maximum absolute atomic E-state index is 6.37. The standard InChI is InChI=1S/C51H35NO/c1-51(2)43-22-12-23-45(50(43)42-29-34-15-3-4-16-35(34)30-44(42)51)52(36-26-28-48-41(31-36)39-20-9-10-24-47(39)53-48)46-27-25-33-14-6-8-19-38(33)49(46)40-21-11-17-32-13-5-7-18-37(32)40/h3-31H,1-2H3. The third-order valence-electron chi connectivity index (χ3n) is 11.6. The average molecular weight is 678 g/mol. The van der Waals surface area contributed by atoms with E-state index in [2.05, 4.69) is 189 Å². The van der Waals surface area contributed by atoms with Gasteiger partial charge in [-0.1, -0.05) is 141 Å². The zero-order chi connectivity index (χ0) is 35.3. The van der Waals surface area contributed by atoms with Crippen LogP contribution in [0.2, 0.25) is 0 Å². The molecule has 0 saturated heterocycles. The Bertz CT molecular complexity index is 3100. The van der Waals surface area contributed by atoms with Crippen LogP contribution in [0, 0.1) is 0 Å². The molecule has 0 radical (unpaired) electrons. The van der Waals surface area contributed by atoms with Crippen molar-refractivity contribution in [3.63, 3.8) is 0 Å². The van der Waals surface area contributed by atoms with Gasteiger partial charge in [0.1, 0.15) is 11.2 Å². The van der Waals surface area contributed by atoms with E-state index in [1.807, 2.05) is 6.07 Å². The molecule has 0 spiro atoms. The van der Waals surface area contributed by atoms with Crippen LogP contribution in [0.5, 0.6) is 0 Å². The molecule has 0 saturated carbocycles. The molecule has 0 atom stereocenters. The maximum Gasteiger partial charge on any atom is 0.135 e. The van der Waals surface area contributed by atoms with Gasteiger partial charge in [0, 0.05) is 33.0 Å². The van der Waals surface area contributed by atoms with E-state index >= 15 is 0 Å². The minimum Gasteiger partial charge on any atom is -0.456 e. The van der Waals surface area contributed by atoms with Crippen LogP contribution in [0.15, 0.2) is 180 Å². The number of benzene rings is 9. The summed E-state index contributed by atoms with van der Waals surface area (Å²) in [5.41, 5.74) is 12.7. The lowest BCUT2D eigenvalue weighted by molar-refractivity contribution is 0.661. The maximum atomic E-state index is 6.37. The van der Waals surface area contributed by atoms with E-state index < -0.39 is 0 Å². The molecule has 0 unspecified atom stereocenters. The average Bonchev–Trinajstić information content (AvgIpc) is 3.68. The summed E-state index contributed by atoms with van der Waals surface area (Å²) in [7, 11) is 0. The Morgan fingerprint density at radius 3 is 1.85 bits per heavy atom. The van der Waals surface area contributed by atoms with Crippen LogP contribution in [0.4, 0.5) is 17.1 Å². The highest BCUT2D eigenvalue weighted by Crippen LogP contribution is 2.56. The number of nitrogens with zero attached hydrogens (tertiary/aromatic N) is 1. The summed E-state index contributed by atoms with van der Waals surface area (Å²) in [6.07, 6.45) is 0. The smallest absolute Gasteiger partial charge is 0.135 e. The van der Waals surface area contributed by atoms with Gasteiger partial charge in [-0.3, -0.25) is 0 Å². The fourth-order valence-corrected chi connectivity index (χ4v) is 9.07. The van der Waals surface area contributed by atoms with E-state index in [4.69, 9.17) is 4.42 Å². The second kappa shape index (κ2) is 11.2. The summed E-state index contributed by atoms with van der Waals surface area (Å²) in [4.78, 5) is 2.52. The van der Waals surface area contributed by atoms with Crippen LogP contribution in [-0.2, 0) is 5.41 Å². The number of fused-ring (bicyclic) bond motifs is 9. The minimum absolute atomic E-state index is 0.178. The first-order valence-electron chi connectivity index (χ1n) is 18.4. The molecule has 2 heteroatoms. The molecule has 1 heterocycles. The summed E-state index contributed by atoms with van der Waals surface area (Å²) < 4.78 is 6.37. The molecule has 11 rings (SSSR count). The normalized spacial score (nSPS) is 13.2. The van der Waals surface area contributed by atoms with Crippen LogP contribution in [0.25, 0.3) is 76.5 Å². The molecular formula is C51H35NO. The Morgan fingerprint density at radius 2 is 1.02 bits per heavy atom. The summed E-state index contributed by atoms with van der Waals surface area (Å²) >= 11 is 0. The summed E-state index contributed by atoms with van der Waals surface area (Å²) in [6.45, 7) is 4.75. The van der Waals surface area contributed by atoms with E-state index in [1.165, 1.54) is 65.7 Å². The molecule has 0 aliphatic heterocycles. The van der Waals surface area contributed by atoms with Crippen molar-refractivity contribution in [1.82, 2.24) is 0 Å². The Labute approximate surface area is 308 Å².